The Morgan fingerprint density at radius 2 is 1.93 bits per heavy atom. The van der Waals surface area contributed by atoms with Crippen LogP contribution < -0.4 is 10.6 Å². The number of carbonyl (C=O) groups excluding carboxylic acids is 1. The van der Waals surface area contributed by atoms with Crippen molar-refractivity contribution in [1.29, 1.82) is 0 Å². The van der Waals surface area contributed by atoms with Crippen LogP contribution in [0.25, 0.3) is 0 Å². The predicted molar refractivity (Wildman–Crippen MR) is 48.5 cm³/mol. The van der Waals surface area contributed by atoms with Crippen molar-refractivity contribution >= 4 is 5.91 Å². The van der Waals surface area contributed by atoms with Crippen molar-refractivity contribution in [3.63, 3.8) is 0 Å². The van der Waals surface area contributed by atoms with Crippen LogP contribution in [-0.4, -0.2) is 58.7 Å². The summed E-state index contributed by atoms with van der Waals surface area (Å²) in [4.78, 5) is 10.6. The molecular weight excluding hydrogens is 188 g/mol. The highest BCUT2D eigenvalue weighted by molar-refractivity contribution is 5.72. The van der Waals surface area contributed by atoms with Gasteiger partial charge in [-0.15, -0.1) is 0 Å². The molecule has 1 fully saturated rings. The molecule has 0 aromatic carbocycles. The van der Waals surface area contributed by atoms with Crippen molar-refractivity contribution in [1.82, 2.24) is 10.6 Å². The van der Waals surface area contributed by atoms with Crippen molar-refractivity contribution in [2.45, 2.75) is 31.2 Å². The topological polar surface area (TPSA) is 102 Å². The minimum Gasteiger partial charge on any atom is -0.395 e. The van der Waals surface area contributed by atoms with Crippen molar-refractivity contribution in [2.75, 3.05) is 13.2 Å². The van der Waals surface area contributed by atoms with Gasteiger partial charge < -0.3 is 26.0 Å². The molecule has 0 spiro atoms. The summed E-state index contributed by atoms with van der Waals surface area (Å²) in [5, 5.41) is 33.1. The van der Waals surface area contributed by atoms with Gasteiger partial charge in [0, 0.05) is 13.5 Å². The third-order valence-corrected chi connectivity index (χ3v) is 2.37. The van der Waals surface area contributed by atoms with Crippen LogP contribution in [0.3, 0.4) is 0 Å². The third-order valence-electron chi connectivity index (χ3n) is 2.37. The average molecular weight is 204 g/mol. The zero-order valence-corrected chi connectivity index (χ0v) is 7.97. The zero-order valence-electron chi connectivity index (χ0n) is 7.97. The molecule has 0 aliphatic carbocycles. The molecule has 4 atom stereocenters. The van der Waals surface area contributed by atoms with Crippen LogP contribution in [0.15, 0.2) is 0 Å². The number of carbonyl (C=O) groups is 1. The first-order valence-corrected chi connectivity index (χ1v) is 4.53. The van der Waals surface area contributed by atoms with E-state index in [-0.39, 0.29) is 19.1 Å². The first kappa shape index (κ1) is 11.4. The van der Waals surface area contributed by atoms with Gasteiger partial charge in [0.05, 0.1) is 30.9 Å². The lowest BCUT2D eigenvalue weighted by Crippen LogP contribution is -2.43. The number of aliphatic hydroxyl groups excluding tert-OH is 3. The molecule has 1 aliphatic heterocycles. The monoisotopic (exact) mass is 204 g/mol. The lowest BCUT2D eigenvalue weighted by atomic mass is 10.1. The van der Waals surface area contributed by atoms with E-state index in [9.17, 15) is 15.0 Å². The Bertz CT molecular complexity index is 212. The molecule has 5 N–H and O–H groups in total. The van der Waals surface area contributed by atoms with E-state index in [1.165, 1.54) is 6.92 Å². The van der Waals surface area contributed by atoms with Gasteiger partial charge in [-0.1, -0.05) is 0 Å². The van der Waals surface area contributed by atoms with E-state index in [1.807, 2.05) is 0 Å². The summed E-state index contributed by atoms with van der Waals surface area (Å²) in [6.07, 6.45) is -1.95. The van der Waals surface area contributed by atoms with Gasteiger partial charge in [0.15, 0.2) is 0 Å². The van der Waals surface area contributed by atoms with Crippen LogP contribution in [0.1, 0.15) is 6.92 Å². The second-order valence-corrected chi connectivity index (χ2v) is 3.48. The predicted octanol–water partition coefficient (Wildman–Crippen LogP) is -2.82. The Labute approximate surface area is 81.9 Å². The minimum atomic E-state index is -0.987. The minimum absolute atomic E-state index is 0.194. The summed E-state index contributed by atoms with van der Waals surface area (Å²) in [5.41, 5.74) is 0. The molecule has 82 valence electrons. The molecule has 14 heavy (non-hydrogen) atoms. The Morgan fingerprint density at radius 1 is 1.36 bits per heavy atom. The quantitative estimate of drug-likeness (QED) is 0.341. The summed E-state index contributed by atoms with van der Waals surface area (Å²) >= 11 is 0. The molecule has 0 unspecified atom stereocenters. The Hall–Kier alpha value is -0.690. The van der Waals surface area contributed by atoms with Crippen molar-refractivity contribution in [3.8, 4) is 0 Å². The number of hydrogen-bond acceptors (Lipinski definition) is 5. The van der Waals surface area contributed by atoms with E-state index < -0.39 is 24.3 Å². The van der Waals surface area contributed by atoms with Crippen LogP contribution in [-0.2, 0) is 4.79 Å². The van der Waals surface area contributed by atoms with Crippen LogP contribution in [0.4, 0.5) is 0 Å². The highest BCUT2D eigenvalue weighted by atomic mass is 16.3. The highest BCUT2D eigenvalue weighted by Gasteiger charge is 2.40. The Balaban J connectivity index is 2.44. The van der Waals surface area contributed by atoms with E-state index in [4.69, 9.17) is 5.11 Å². The molecule has 1 amide bonds. The van der Waals surface area contributed by atoms with Gasteiger partial charge in [0.25, 0.3) is 0 Å². The second-order valence-electron chi connectivity index (χ2n) is 3.48. The van der Waals surface area contributed by atoms with Gasteiger partial charge in [-0.2, -0.15) is 0 Å². The number of hydrogen-bond donors (Lipinski definition) is 5. The number of amides is 1. The molecule has 0 bridgehead atoms. The molecular formula is C8H16N2O4. The third kappa shape index (κ3) is 2.42. The molecule has 1 aliphatic rings. The lowest BCUT2D eigenvalue weighted by Gasteiger charge is -2.15. The first-order valence-electron chi connectivity index (χ1n) is 4.53. The lowest BCUT2D eigenvalue weighted by molar-refractivity contribution is -0.119. The first-order chi connectivity index (χ1) is 6.56. The van der Waals surface area contributed by atoms with E-state index in [0.717, 1.165) is 0 Å². The molecule has 0 aromatic rings. The van der Waals surface area contributed by atoms with Crippen molar-refractivity contribution in [2.24, 2.45) is 0 Å². The van der Waals surface area contributed by atoms with Gasteiger partial charge >= 0.3 is 0 Å². The molecule has 0 saturated carbocycles. The van der Waals surface area contributed by atoms with Crippen molar-refractivity contribution in [3.05, 3.63) is 0 Å². The van der Waals surface area contributed by atoms with Crippen LogP contribution in [0.5, 0.6) is 0 Å². The smallest absolute Gasteiger partial charge is 0.216 e. The maximum absolute atomic E-state index is 10.6. The average Bonchev–Trinajstić information content (AvgIpc) is 2.41. The number of nitrogens with one attached hydrogen (secondary N) is 2. The van der Waals surface area contributed by atoms with E-state index in [1.54, 1.807) is 0 Å². The van der Waals surface area contributed by atoms with Crippen molar-refractivity contribution < 1.29 is 20.1 Å². The van der Waals surface area contributed by atoms with E-state index in [2.05, 4.69) is 10.6 Å². The molecule has 6 heteroatoms. The van der Waals surface area contributed by atoms with Gasteiger partial charge in [-0.3, -0.25) is 4.79 Å². The SMILES string of the molecule is CC(=O)NC[C@@H]1N[C@@H](CO)[C@H](O)[C@@H]1O. The molecule has 1 rings (SSSR count). The Kier molecular flexibility index (Phi) is 3.82. The van der Waals surface area contributed by atoms with E-state index >= 15 is 0 Å². The molecule has 1 heterocycles. The second kappa shape index (κ2) is 4.70. The maximum Gasteiger partial charge on any atom is 0.216 e. The number of rotatable bonds is 3. The van der Waals surface area contributed by atoms with E-state index in [0.29, 0.717) is 0 Å². The van der Waals surface area contributed by atoms with Crippen LogP contribution >= 0.6 is 0 Å². The molecule has 1 saturated heterocycles. The summed E-state index contributed by atoms with van der Waals surface area (Å²) < 4.78 is 0. The molecule has 0 aromatic heterocycles. The molecule has 6 nitrogen and oxygen atoms in total. The summed E-state index contributed by atoms with van der Waals surface area (Å²) in [5.74, 6) is -0.194. The summed E-state index contributed by atoms with van der Waals surface area (Å²) in [6, 6.07) is -0.935. The van der Waals surface area contributed by atoms with Crippen LogP contribution in [0, 0.1) is 0 Å². The highest BCUT2D eigenvalue weighted by Crippen LogP contribution is 2.13. The zero-order chi connectivity index (χ0) is 10.7. The summed E-state index contributed by atoms with van der Waals surface area (Å²) in [7, 11) is 0. The maximum atomic E-state index is 10.6. The standard InChI is InChI=1S/C8H16N2O4/c1-4(12)9-2-5-7(13)8(14)6(3-11)10-5/h5-8,10-11,13-14H,2-3H2,1H3,(H,9,12)/t5-,6-,7+,8-/m0/s1. The Morgan fingerprint density at radius 3 is 2.36 bits per heavy atom. The fourth-order valence-electron chi connectivity index (χ4n) is 1.54. The van der Waals surface area contributed by atoms with Gasteiger partial charge in [0.1, 0.15) is 0 Å². The molecule has 0 radical (unpaired) electrons. The van der Waals surface area contributed by atoms with Gasteiger partial charge in [-0.25, -0.2) is 0 Å². The number of aliphatic hydroxyl groups is 3. The van der Waals surface area contributed by atoms with Gasteiger partial charge in [-0.05, 0) is 0 Å². The van der Waals surface area contributed by atoms with Gasteiger partial charge in [0.2, 0.25) is 5.91 Å². The fraction of sp³-hybridized carbons (Fsp3) is 0.875. The summed E-state index contributed by atoms with van der Waals surface area (Å²) in [6.45, 7) is 1.38. The fourth-order valence-corrected chi connectivity index (χ4v) is 1.54. The van der Waals surface area contributed by atoms with Crippen LogP contribution in [0.2, 0.25) is 0 Å². The largest absolute Gasteiger partial charge is 0.395 e. The normalized spacial score (nSPS) is 37.1.